The zero-order chi connectivity index (χ0) is 8.93. The molecule has 0 amide bonds. The molecule has 0 N–H and O–H groups in total. The summed E-state index contributed by atoms with van der Waals surface area (Å²) in [5.41, 5.74) is 1.97. The zero-order valence-electron chi connectivity index (χ0n) is 6.96. The predicted octanol–water partition coefficient (Wildman–Crippen LogP) is 0.857. The molecule has 4 nitrogen and oxygen atoms in total. The molecule has 2 aromatic heterocycles. The Morgan fingerprint density at radius 2 is 1.77 bits per heavy atom. The van der Waals surface area contributed by atoms with Crippen molar-refractivity contribution in [2.45, 2.75) is 6.42 Å². The molecule has 0 radical (unpaired) electrons. The lowest BCUT2D eigenvalue weighted by Crippen LogP contribution is -1.93. The molecule has 13 heavy (non-hydrogen) atoms. The Labute approximate surface area is 75.7 Å². The molecule has 0 atom stereocenters. The first-order valence-corrected chi connectivity index (χ1v) is 3.94. The molecule has 64 valence electrons. The molecule has 2 aromatic rings. The van der Waals surface area contributed by atoms with Gasteiger partial charge < -0.3 is 0 Å². The highest BCUT2D eigenvalue weighted by Crippen LogP contribution is 2.01. The molecule has 0 aliphatic carbocycles. The molecule has 2 heterocycles. The fourth-order valence-corrected chi connectivity index (χ4v) is 1.05. The fraction of sp³-hybridized carbons (Fsp3) is 0.111. The van der Waals surface area contributed by atoms with E-state index in [1.807, 2.05) is 0 Å². The van der Waals surface area contributed by atoms with E-state index in [4.69, 9.17) is 0 Å². The average Bonchev–Trinajstić information content (AvgIpc) is 2.21. The third kappa shape index (κ3) is 2.05. The number of aromatic nitrogens is 4. The van der Waals surface area contributed by atoms with Crippen molar-refractivity contribution >= 4 is 0 Å². The molecule has 0 saturated carbocycles. The van der Waals surface area contributed by atoms with Gasteiger partial charge in [-0.3, -0.25) is 9.97 Å². The summed E-state index contributed by atoms with van der Waals surface area (Å²) in [5, 5.41) is 0. The Kier molecular flexibility index (Phi) is 2.22. The second kappa shape index (κ2) is 3.71. The van der Waals surface area contributed by atoms with Crippen LogP contribution in [0.15, 0.2) is 37.3 Å². The summed E-state index contributed by atoms with van der Waals surface area (Å²) in [7, 11) is 0. The van der Waals surface area contributed by atoms with Crippen LogP contribution in [0.25, 0.3) is 0 Å². The smallest absolute Gasteiger partial charge is 0.115 e. The van der Waals surface area contributed by atoms with E-state index in [0.29, 0.717) is 0 Å². The molecule has 0 unspecified atom stereocenters. The summed E-state index contributed by atoms with van der Waals surface area (Å²) >= 11 is 0. The summed E-state index contributed by atoms with van der Waals surface area (Å²) in [6.07, 6.45) is 10.9. The quantitative estimate of drug-likeness (QED) is 0.674. The van der Waals surface area contributed by atoms with Gasteiger partial charge in [-0.05, 0) is 5.56 Å². The summed E-state index contributed by atoms with van der Waals surface area (Å²) in [6, 6.07) is 0. The van der Waals surface area contributed by atoms with Crippen molar-refractivity contribution < 1.29 is 0 Å². The Balaban J connectivity index is 2.16. The van der Waals surface area contributed by atoms with Gasteiger partial charge in [-0.15, -0.1) is 0 Å². The molecule has 0 saturated heterocycles. The minimum Gasteiger partial charge on any atom is -0.261 e. The molecule has 2 rings (SSSR count). The Bertz CT molecular complexity index is 322. The van der Waals surface area contributed by atoms with Crippen molar-refractivity contribution in [3.05, 3.63) is 48.6 Å². The van der Waals surface area contributed by atoms with E-state index in [1.165, 1.54) is 6.33 Å². The van der Waals surface area contributed by atoms with Crippen LogP contribution in [-0.2, 0) is 6.42 Å². The average molecular weight is 172 g/mol. The van der Waals surface area contributed by atoms with Gasteiger partial charge in [-0.2, -0.15) is 0 Å². The van der Waals surface area contributed by atoms with E-state index < -0.39 is 0 Å². The van der Waals surface area contributed by atoms with Crippen molar-refractivity contribution in [1.82, 2.24) is 19.9 Å². The Hall–Kier alpha value is -1.84. The second-order valence-corrected chi connectivity index (χ2v) is 2.62. The normalized spacial score (nSPS) is 9.85. The van der Waals surface area contributed by atoms with Gasteiger partial charge in [0, 0.05) is 37.4 Å². The number of nitrogens with zero attached hydrogens (tertiary/aromatic N) is 4. The molecule has 0 fully saturated rings. The highest BCUT2D eigenvalue weighted by Gasteiger charge is 1.96. The first kappa shape index (κ1) is 7.79. The van der Waals surface area contributed by atoms with Crippen LogP contribution in [0.3, 0.4) is 0 Å². The lowest BCUT2D eigenvalue weighted by molar-refractivity contribution is 0.998. The van der Waals surface area contributed by atoms with Crippen LogP contribution in [0.2, 0.25) is 0 Å². The second-order valence-electron chi connectivity index (χ2n) is 2.62. The van der Waals surface area contributed by atoms with Crippen molar-refractivity contribution in [2.75, 3.05) is 0 Å². The highest BCUT2D eigenvalue weighted by molar-refractivity contribution is 5.12. The SMILES string of the molecule is c1cnc(Cc2cncnc2)cn1. The third-order valence-electron chi connectivity index (χ3n) is 1.62. The Morgan fingerprint density at radius 1 is 0.923 bits per heavy atom. The highest BCUT2D eigenvalue weighted by atomic mass is 14.8. The van der Waals surface area contributed by atoms with E-state index in [0.717, 1.165) is 17.7 Å². The minimum atomic E-state index is 0.731. The number of hydrogen-bond donors (Lipinski definition) is 0. The van der Waals surface area contributed by atoms with Gasteiger partial charge >= 0.3 is 0 Å². The van der Waals surface area contributed by atoms with Gasteiger partial charge in [0.25, 0.3) is 0 Å². The van der Waals surface area contributed by atoms with Crippen molar-refractivity contribution in [3.8, 4) is 0 Å². The van der Waals surface area contributed by atoms with Crippen LogP contribution in [0.4, 0.5) is 0 Å². The van der Waals surface area contributed by atoms with Crippen LogP contribution in [0, 0.1) is 0 Å². The summed E-state index contributed by atoms with van der Waals surface area (Å²) < 4.78 is 0. The monoisotopic (exact) mass is 172 g/mol. The van der Waals surface area contributed by atoms with Gasteiger partial charge in [0.15, 0.2) is 0 Å². The van der Waals surface area contributed by atoms with Crippen LogP contribution < -0.4 is 0 Å². The maximum Gasteiger partial charge on any atom is 0.115 e. The van der Waals surface area contributed by atoms with Crippen LogP contribution in [-0.4, -0.2) is 19.9 Å². The van der Waals surface area contributed by atoms with Crippen LogP contribution in [0.5, 0.6) is 0 Å². The summed E-state index contributed by atoms with van der Waals surface area (Å²) in [4.78, 5) is 16.0. The molecule has 4 heteroatoms. The minimum absolute atomic E-state index is 0.731. The van der Waals surface area contributed by atoms with Gasteiger partial charge in [0.1, 0.15) is 6.33 Å². The molecule has 0 bridgehead atoms. The maximum absolute atomic E-state index is 4.16. The molecular weight excluding hydrogens is 164 g/mol. The van der Waals surface area contributed by atoms with Crippen LogP contribution in [0.1, 0.15) is 11.3 Å². The zero-order valence-corrected chi connectivity index (χ0v) is 6.96. The van der Waals surface area contributed by atoms with E-state index in [2.05, 4.69) is 19.9 Å². The summed E-state index contributed by atoms with van der Waals surface area (Å²) in [6.45, 7) is 0. The molecule has 0 aliphatic heterocycles. The van der Waals surface area contributed by atoms with Gasteiger partial charge in [0.2, 0.25) is 0 Å². The predicted molar refractivity (Wildman–Crippen MR) is 46.9 cm³/mol. The topological polar surface area (TPSA) is 51.6 Å². The lowest BCUT2D eigenvalue weighted by Gasteiger charge is -1.97. The van der Waals surface area contributed by atoms with Gasteiger partial charge in [0.05, 0.1) is 5.69 Å². The van der Waals surface area contributed by atoms with E-state index in [9.17, 15) is 0 Å². The number of rotatable bonds is 2. The van der Waals surface area contributed by atoms with E-state index >= 15 is 0 Å². The Morgan fingerprint density at radius 3 is 2.46 bits per heavy atom. The molecular formula is C9H8N4. The standard InChI is InChI=1S/C9H8N4/c1-2-13-9(6-10-1)3-8-4-11-7-12-5-8/h1-2,4-7H,3H2. The largest absolute Gasteiger partial charge is 0.261 e. The maximum atomic E-state index is 4.16. The molecule has 0 aromatic carbocycles. The molecule has 0 aliphatic rings. The van der Waals surface area contributed by atoms with Gasteiger partial charge in [-0.1, -0.05) is 0 Å². The van der Waals surface area contributed by atoms with Crippen molar-refractivity contribution in [2.24, 2.45) is 0 Å². The van der Waals surface area contributed by atoms with Gasteiger partial charge in [-0.25, -0.2) is 9.97 Å². The molecule has 0 spiro atoms. The first-order chi connectivity index (χ1) is 6.45. The van der Waals surface area contributed by atoms with Crippen LogP contribution >= 0.6 is 0 Å². The van der Waals surface area contributed by atoms with Crippen molar-refractivity contribution in [1.29, 1.82) is 0 Å². The summed E-state index contributed by atoms with van der Waals surface area (Å²) in [5.74, 6) is 0. The fourth-order valence-electron chi connectivity index (χ4n) is 1.05. The lowest BCUT2D eigenvalue weighted by atomic mass is 10.2. The third-order valence-corrected chi connectivity index (χ3v) is 1.62. The number of hydrogen-bond acceptors (Lipinski definition) is 4. The van der Waals surface area contributed by atoms with E-state index in [1.54, 1.807) is 31.0 Å². The van der Waals surface area contributed by atoms with E-state index in [-0.39, 0.29) is 0 Å². The van der Waals surface area contributed by atoms with Crippen molar-refractivity contribution in [3.63, 3.8) is 0 Å². The first-order valence-electron chi connectivity index (χ1n) is 3.94.